The number of aliphatic imine (C=N–C) groups is 1. The zero-order valence-electron chi connectivity index (χ0n) is 10.1. The maximum absolute atomic E-state index is 13.3. The molecule has 0 aliphatic rings. The zero-order valence-corrected chi connectivity index (χ0v) is 10.9. The quantitative estimate of drug-likeness (QED) is 0.280. The number of guanidine groups is 1. The van der Waals surface area contributed by atoms with Crippen LogP contribution in [0.15, 0.2) is 29.3 Å². The van der Waals surface area contributed by atoms with Gasteiger partial charge in [0.25, 0.3) is 0 Å². The monoisotopic (exact) mass is 266 g/mol. The Morgan fingerprint density at radius 1 is 1.50 bits per heavy atom. The van der Waals surface area contributed by atoms with Crippen molar-refractivity contribution in [2.45, 2.75) is 5.75 Å². The van der Waals surface area contributed by atoms with Gasteiger partial charge in [-0.15, -0.1) is 0 Å². The van der Waals surface area contributed by atoms with Gasteiger partial charge in [0.1, 0.15) is 5.82 Å². The number of hydrogen-bond acceptors (Lipinski definition) is 3. The van der Waals surface area contributed by atoms with Crippen LogP contribution in [0, 0.1) is 17.3 Å². The highest BCUT2D eigenvalue weighted by Crippen LogP contribution is 2.14. The molecular formula is C12H15FN4S. The molecule has 6 heteroatoms. The zero-order chi connectivity index (χ0) is 13.2. The Kier molecular flexibility index (Phi) is 6.66. The first-order chi connectivity index (χ1) is 8.77. The summed E-state index contributed by atoms with van der Waals surface area (Å²) < 4.78 is 13.3. The van der Waals surface area contributed by atoms with Crippen molar-refractivity contribution in [3.8, 4) is 6.19 Å². The SMILES string of the molecule is CN=C(NC#N)NCCSCc1ccccc1F. The Hall–Kier alpha value is -1.74. The minimum absolute atomic E-state index is 0.167. The highest BCUT2D eigenvalue weighted by Gasteiger charge is 2.00. The summed E-state index contributed by atoms with van der Waals surface area (Å²) in [5.74, 6) is 1.72. The lowest BCUT2D eigenvalue weighted by atomic mass is 10.2. The van der Waals surface area contributed by atoms with Crippen LogP contribution < -0.4 is 10.6 Å². The fraction of sp³-hybridized carbons (Fsp3) is 0.333. The molecule has 0 aromatic heterocycles. The molecule has 96 valence electrons. The van der Waals surface area contributed by atoms with Gasteiger partial charge in [-0.2, -0.15) is 17.0 Å². The molecule has 4 nitrogen and oxygen atoms in total. The van der Waals surface area contributed by atoms with Crippen LogP contribution in [0.2, 0.25) is 0 Å². The summed E-state index contributed by atoms with van der Waals surface area (Å²) in [6.07, 6.45) is 1.79. The number of rotatable bonds is 5. The van der Waals surface area contributed by atoms with Crippen LogP contribution in [0.3, 0.4) is 0 Å². The standard InChI is InChI=1S/C12H15FN4S/c1-15-12(17-9-14)16-6-7-18-8-10-4-2-3-5-11(10)13/h2-5H,6-8H2,1H3,(H2,15,16,17). The third-order valence-electron chi connectivity index (χ3n) is 2.15. The second-order valence-electron chi connectivity index (χ2n) is 3.38. The molecule has 18 heavy (non-hydrogen) atoms. The third-order valence-corrected chi connectivity index (χ3v) is 3.16. The summed E-state index contributed by atoms with van der Waals surface area (Å²) in [5, 5.41) is 13.8. The summed E-state index contributed by atoms with van der Waals surface area (Å²) in [6.45, 7) is 0.667. The predicted molar refractivity (Wildman–Crippen MR) is 72.7 cm³/mol. The van der Waals surface area contributed by atoms with Gasteiger partial charge in [0, 0.05) is 25.1 Å². The molecule has 0 heterocycles. The van der Waals surface area contributed by atoms with Crippen LogP contribution in [0.4, 0.5) is 4.39 Å². The molecule has 2 N–H and O–H groups in total. The van der Waals surface area contributed by atoms with Crippen LogP contribution >= 0.6 is 11.8 Å². The van der Waals surface area contributed by atoms with E-state index in [2.05, 4.69) is 15.6 Å². The van der Waals surface area contributed by atoms with Crippen LogP contribution in [-0.2, 0) is 5.75 Å². The normalized spacial score (nSPS) is 10.8. The van der Waals surface area contributed by atoms with E-state index in [9.17, 15) is 4.39 Å². The highest BCUT2D eigenvalue weighted by molar-refractivity contribution is 7.98. The maximum Gasteiger partial charge on any atom is 0.204 e. The van der Waals surface area contributed by atoms with E-state index in [0.29, 0.717) is 23.8 Å². The van der Waals surface area contributed by atoms with Gasteiger partial charge in [-0.3, -0.25) is 10.3 Å². The molecule has 0 unspecified atom stereocenters. The fourth-order valence-electron chi connectivity index (χ4n) is 1.27. The van der Waals surface area contributed by atoms with Gasteiger partial charge in [-0.1, -0.05) is 18.2 Å². The van der Waals surface area contributed by atoms with Crippen molar-refractivity contribution in [1.29, 1.82) is 5.26 Å². The number of thioether (sulfide) groups is 1. The average molecular weight is 266 g/mol. The molecule has 1 aromatic rings. The smallest absolute Gasteiger partial charge is 0.204 e. The summed E-state index contributed by atoms with van der Waals surface area (Å²) in [5.41, 5.74) is 0.710. The molecule has 0 saturated heterocycles. The molecule has 1 aromatic carbocycles. The number of hydrogen-bond donors (Lipinski definition) is 2. The number of nitrogens with one attached hydrogen (secondary N) is 2. The van der Waals surface area contributed by atoms with Crippen LogP contribution in [-0.4, -0.2) is 25.3 Å². The Morgan fingerprint density at radius 3 is 2.94 bits per heavy atom. The largest absolute Gasteiger partial charge is 0.355 e. The second kappa shape index (κ2) is 8.37. The van der Waals surface area contributed by atoms with Crippen molar-refractivity contribution in [2.24, 2.45) is 4.99 Å². The summed E-state index contributed by atoms with van der Waals surface area (Å²) >= 11 is 1.62. The Labute approximate surface area is 110 Å². The van der Waals surface area contributed by atoms with Crippen molar-refractivity contribution < 1.29 is 4.39 Å². The number of halogens is 1. The topological polar surface area (TPSA) is 60.2 Å². The lowest BCUT2D eigenvalue weighted by Gasteiger charge is -2.07. The minimum Gasteiger partial charge on any atom is -0.355 e. The minimum atomic E-state index is -0.167. The predicted octanol–water partition coefficient (Wildman–Crippen LogP) is 1.70. The number of nitrogens with zero attached hydrogens (tertiary/aromatic N) is 2. The average Bonchev–Trinajstić information content (AvgIpc) is 2.39. The van der Waals surface area contributed by atoms with E-state index in [4.69, 9.17) is 5.26 Å². The summed E-state index contributed by atoms with van der Waals surface area (Å²) in [7, 11) is 1.60. The molecule has 0 fully saturated rings. The number of benzene rings is 1. The Bertz CT molecular complexity index is 442. The summed E-state index contributed by atoms with van der Waals surface area (Å²) in [4.78, 5) is 3.85. The number of nitriles is 1. The molecule has 0 aliphatic carbocycles. The van der Waals surface area contributed by atoms with E-state index in [0.717, 1.165) is 5.75 Å². The molecular weight excluding hydrogens is 251 g/mol. The first-order valence-electron chi connectivity index (χ1n) is 5.45. The van der Waals surface area contributed by atoms with Crippen LogP contribution in [0.25, 0.3) is 0 Å². The first kappa shape index (κ1) is 14.3. The molecule has 0 aliphatic heterocycles. The van der Waals surface area contributed by atoms with Gasteiger partial charge in [0.2, 0.25) is 5.96 Å². The molecule has 0 radical (unpaired) electrons. The van der Waals surface area contributed by atoms with Gasteiger partial charge >= 0.3 is 0 Å². The van der Waals surface area contributed by atoms with Crippen molar-refractivity contribution in [3.05, 3.63) is 35.6 Å². The third kappa shape index (κ3) is 5.06. The van der Waals surface area contributed by atoms with Gasteiger partial charge in [-0.05, 0) is 11.6 Å². The summed E-state index contributed by atoms with van der Waals surface area (Å²) in [6, 6.07) is 6.76. The van der Waals surface area contributed by atoms with Crippen LogP contribution in [0.1, 0.15) is 5.56 Å². The van der Waals surface area contributed by atoms with Crippen LogP contribution in [0.5, 0.6) is 0 Å². The van der Waals surface area contributed by atoms with Gasteiger partial charge in [-0.25, -0.2) is 4.39 Å². The molecule has 0 bridgehead atoms. The molecule has 0 atom stereocenters. The fourth-order valence-corrected chi connectivity index (χ4v) is 2.12. The lowest BCUT2D eigenvalue weighted by molar-refractivity contribution is 0.617. The van der Waals surface area contributed by atoms with Gasteiger partial charge in [0.05, 0.1) is 0 Å². The van der Waals surface area contributed by atoms with E-state index in [-0.39, 0.29) is 5.82 Å². The second-order valence-corrected chi connectivity index (χ2v) is 4.48. The highest BCUT2D eigenvalue weighted by atomic mass is 32.2. The van der Waals surface area contributed by atoms with E-state index >= 15 is 0 Å². The maximum atomic E-state index is 13.3. The first-order valence-corrected chi connectivity index (χ1v) is 6.60. The van der Waals surface area contributed by atoms with Crippen molar-refractivity contribution in [1.82, 2.24) is 10.6 Å². The Balaban J connectivity index is 2.20. The molecule has 0 saturated carbocycles. The van der Waals surface area contributed by atoms with E-state index in [1.54, 1.807) is 37.1 Å². The van der Waals surface area contributed by atoms with Crippen molar-refractivity contribution in [2.75, 3.05) is 19.3 Å². The van der Waals surface area contributed by atoms with Crippen molar-refractivity contribution >= 4 is 17.7 Å². The molecule has 0 spiro atoms. The van der Waals surface area contributed by atoms with E-state index < -0.39 is 0 Å². The van der Waals surface area contributed by atoms with Gasteiger partial charge in [0.15, 0.2) is 6.19 Å². The Morgan fingerprint density at radius 2 is 2.28 bits per heavy atom. The van der Waals surface area contributed by atoms with Crippen molar-refractivity contribution in [3.63, 3.8) is 0 Å². The van der Waals surface area contributed by atoms with E-state index in [1.807, 2.05) is 6.07 Å². The lowest BCUT2D eigenvalue weighted by Crippen LogP contribution is -2.35. The van der Waals surface area contributed by atoms with Gasteiger partial charge < -0.3 is 5.32 Å². The van der Waals surface area contributed by atoms with E-state index in [1.165, 1.54) is 6.07 Å². The molecule has 0 amide bonds. The molecule has 1 rings (SSSR count).